The Morgan fingerprint density at radius 1 is 1.24 bits per heavy atom. The number of hydrogen-bond donors (Lipinski definition) is 2. The monoisotopic (exact) mass is 426 g/mol. The SMILES string of the molecule is O=C(O)c1ccccc1O.O=N[O-].[CH3-].[NH2-].[NH2-].[Pt]. The molecule has 0 aromatic heterocycles. The minimum Gasteiger partial charge on any atom is -0.693 e. The molecule has 0 radical (unpaired) electrons. The van der Waals surface area contributed by atoms with E-state index in [0.717, 1.165) is 5.34 Å². The molecule has 0 bridgehead atoms. The fraction of sp³-hybridized carbons (Fsp3) is 0. The number of benzene rings is 1. The van der Waals surface area contributed by atoms with Crippen molar-refractivity contribution in [3.63, 3.8) is 0 Å². The van der Waals surface area contributed by atoms with Gasteiger partial charge >= 0.3 is 5.97 Å². The van der Waals surface area contributed by atoms with Crippen LogP contribution in [0.25, 0.3) is 12.3 Å². The normalized spacial score (nSPS) is 6.12. The second-order valence-corrected chi connectivity index (χ2v) is 1.90. The van der Waals surface area contributed by atoms with Crippen molar-refractivity contribution in [3.05, 3.63) is 59.7 Å². The van der Waals surface area contributed by atoms with Crippen molar-refractivity contribution in [2.24, 2.45) is 5.34 Å². The molecular formula is C8H13N3O5Pt-4. The summed E-state index contributed by atoms with van der Waals surface area (Å²) in [5.41, 5.74) is -0.0671. The Kier molecular flexibility index (Phi) is 29.4. The maximum absolute atomic E-state index is 10.3. The van der Waals surface area contributed by atoms with Gasteiger partial charge in [-0.3, -0.25) is 0 Å². The van der Waals surface area contributed by atoms with E-state index in [1.54, 1.807) is 12.1 Å². The summed E-state index contributed by atoms with van der Waals surface area (Å²) in [5, 5.41) is 26.3. The number of phenols is 1. The van der Waals surface area contributed by atoms with Crippen LogP contribution in [0, 0.1) is 17.5 Å². The smallest absolute Gasteiger partial charge is 0.339 e. The summed E-state index contributed by atoms with van der Waals surface area (Å²) in [6.07, 6.45) is 0. The number of carboxylic acids is 1. The molecule has 0 heterocycles. The van der Waals surface area contributed by atoms with E-state index in [2.05, 4.69) is 0 Å². The van der Waals surface area contributed by atoms with Crippen molar-refractivity contribution in [1.29, 1.82) is 0 Å². The summed E-state index contributed by atoms with van der Waals surface area (Å²) in [5.74, 6) is -1.31. The van der Waals surface area contributed by atoms with Crippen LogP contribution in [0.3, 0.4) is 0 Å². The van der Waals surface area contributed by atoms with Gasteiger partial charge in [-0.1, -0.05) is 12.1 Å². The van der Waals surface area contributed by atoms with Gasteiger partial charge < -0.3 is 40.1 Å². The summed E-state index contributed by atoms with van der Waals surface area (Å²) < 4.78 is 0. The number of nitrogens with zero attached hydrogens (tertiary/aromatic N) is 1. The second kappa shape index (κ2) is 16.9. The van der Waals surface area contributed by atoms with E-state index in [1.165, 1.54) is 12.1 Å². The Bertz CT molecular complexity index is 311. The van der Waals surface area contributed by atoms with E-state index in [4.69, 9.17) is 20.3 Å². The van der Waals surface area contributed by atoms with Gasteiger partial charge in [-0.2, -0.15) is 0 Å². The van der Waals surface area contributed by atoms with Gasteiger partial charge in [0, 0.05) is 21.1 Å². The molecular weight excluding hydrogens is 413 g/mol. The third kappa shape index (κ3) is 12.4. The van der Waals surface area contributed by atoms with Crippen LogP contribution in [-0.4, -0.2) is 16.2 Å². The molecule has 0 aliphatic rings. The van der Waals surface area contributed by atoms with Crippen LogP contribution in [0.5, 0.6) is 5.75 Å². The number of para-hydroxylation sites is 1. The molecule has 1 rings (SSSR count). The van der Waals surface area contributed by atoms with Gasteiger partial charge in [0.05, 0.1) is 0 Å². The molecule has 6 N–H and O–H groups in total. The molecule has 0 saturated heterocycles. The van der Waals surface area contributed by atoms with Gasteiger partial charge in [0.2, 0.25) is 0 Å². The quantitative estimate of drug-likeness (QED) is 0.397. The number of nitrogens with two attached hydrogens (primary N) is 2. The third-order valence-corrected chi connectivity index (χ3v) is 1.13. The summed E-state index contributed by atoms with van der Waals surface area (Å²) in [6, 6.07) is 5.81. The molecule has 0 saturated carbocycles. The largest absolute Gasteiger partial charge is 0.693 e. The molecule has 0 aliphatic heterocycles. The van der Waals surface area contributed by atoms with E-state index in [0.29, 0.717) is 0 Å². The van der Waals surface area contributed by atoms with Crippen LogP contribution in [0.2, 0.25) is 0 Å². The number of hydrogen-bond acceptors (Lipinski definition) is 5. The molecule has 0 spiro atoms. The average molecular weight is 426 g/mol. The molecule has 1 aromatic carbocycles. The fourth-order valence-electron chi connectivity index (χ4n) is 0.654. The van der Waals surface area contributed by atoms with E-state index < -0.39 is 5.97 Å². The first-order valence-corrected chi connectivity index (χ1v) is 3.09. The van der Waals surface area contributed by atoms with Crippen LogP contribution in [-0.2, 0) is 21.1 Å². The second-order valence-electron chi connectivity index (χ2n) is 1.90. The van der Waals surface area contributed by atoms with Gasteiger partial charge in [-0.15, -0.1) is 5.34 Å². The third-order valence-electron chi connectivity index (χ3n) is 1.13. The fourth-order valence-corrected chi connectivity index (χ4v) is 0.654. The molecule has 104 valence electrons. The standard InChI is InChI=1S/C7H6O3.CH3.HNO2.2H2N.Pt/c8-6-4-2-1-3-5(6)7(9)10;;2-1-3;;;/h1-4,8H,(H,9,10);1H3;(H,2,3);2*1H2;/q;-1;;2*-1;/p-1. The summed E-state index contributed by atoms with van der Waals surface area (Å²) in [6.45, 7) is 0. The van der Waals surface area contributed by atoms with Crippen molar-refractivity contribution in [3.8, 4) is 5.75 Å². The summed E-state index contributed by atoms with van der Waals surface area (Å²) in [7, 11) is 0. The maximum Gasteiger partial charge on any atom is 0.339 e. The topological polar surface area (TPSA) is 177 Å². The molecule has 0 aliphatic carbocycles. The predicted molar refractivity (Wildman–Crippen MR) is 61.2 cm³/mol. The van der Waals surface area contributed by atoms with Gasteiger partial charge in [0.15, 0.2) is 0 Å². The molecule has 1 aromatic rings. The number of carboxylic acid groups (broad SMARTS) is 1. The van der Waals surface area contributed by atoms with Crippen LogP contribution in [0.4, 0.5) is 0 Å². The molecule has 0 fully saturated rings. The molecule has 0 amide bonds. The van der Waals surface area contributed by atoms with Crippen molar-refractivity contribution < 1.29 is 36.1 Å². The van der Waals surface area contributed by atoms with E-state index >= 15 is 0 Å². The molecule has 0 unspecified atom stereocenters. The van der Waals surface area contributed by atoms with Crippen LogP contribution in [0.1, 0.15) is 10.4 Å². The van der Waals surface area contributed by atoms with Crippen LogP contribution in [0.15, 0.2) is 29.6 Å². The molecule has 9 heteroatoms. The number of carbonyl (C=O) groups is 1. The minimum absolute atomic E-state index is 0. The first-order chi connectivity index (χ1) is 6.13. The Labute approximate surface area is 113 Å². The van der Waals surface area contributed by atoms with E-state index in [9.17, 15) is 4.79 Å². The van der Waals surface area contributed by atoms with Crippen LogP contribution < -0.4 is 0 Å². The van der Waals surface area contributed by atoms with Gasteiger partial charge in [-0.05, 0) is 12.1 Å². The van der Waals surface area contributed by atoms with Crippen molar-refractivity contribution in [1.82, 2.24) is 0 Å². The maximum atomic E-state index is 10.3. The Hall–Kier alpha value is -1.50. The number of aromatic hydroxyl groups is 1. The molecule has 8 nitrogen and oxygen atoms in total. The number of rotatable bonds is 1. The minimum atomic E-state index is -1.11. The van der Waals surface area contributed by atoms with E-state index in [1.807, 2.05) is 0 Å². The number of aromatic carboxylic acids is 1. The zero-order valence-electron chi connectivity index (χ0n) is 8.85. The van der Waals surface area contributed by atoms with Gasteiger partial charge in [-0.25, -0.2) is 4.79 Å². The first kappa shape index (κ1) is 29.6. The average Bonchev–Trinajstić information content (AvgIpc) is 2.06. The summed E-state index contributed by atoms with van der Waals surface area (Å²) in [4.78, 5) is 18.3. The zero-order chi connectivity index (χ0) is 10.3. The molecule has 0 atom stereocenters. The van der Waals surface area contributed by atoms with Crippen molar-refractivity contribution >= 4 is 5.97 Å². The Morgan fingerprint density at radius 3 is 1.82 bits per heavy atom. The Morgan fingerprint density at radius 2 is 1.59 bits per heavy atom. The zero-order valence-corrected chi connectivity index (χ0v) is 11.1. The van der Waals surface area contributed by atoms with Crippen LogP contribution >= 0.6 is 0 Å². The van der Waals surface area contributed by atoms with Gasteiger partial charge in [0.25, 0.3) is 0 Å². The van der Waals surface area contributed by atoms with Crippen molar-refractivity contribution in [2.45, 2.75) is 0 Å². The predicted octanol–water partition coefficient (Wildman–Crippen LogP) is 3.22. The van der Waals surface area contributed by atoms with Crippen molar-refractivity contribution in [2.75, 3.05) is 0 Å². The van der Waals surface area contributed by atoms with Gasteiger partial charge in [0.1, 0.15) is 11.3 Å². The molecule has 17 heavy (non-hydrogen) atoms. The first-order valence-electron chi connectivity index (χ1n) is 3.09. The summed E-state index contributed by atoms with van der Waals surface area (Å²) >= 11 is 0. The Balaban J connectivity index is -0.0000000629. The van der Waals surface area contributed by atoms with E-state index in [-0.39, 0.29) is 52.1 Å².